The maximum Gasteiger partial charge on any atom is 0.254 e. The molecular formula is C16H25N3O2. The zero-order chi connectivity index (χ0) is 15.8. The van der Waals surface area contributed by atoms with Crippen molar-refractivity contribution in [2.45, 2.75) is 33.6 Å². The Hall–Kier alpha value is -2.04. The fraction of sp³-hybridized carbons (Fsp3) is 0.500. The first-order valence-corrected chi connectivity index (χ1v) is 7.42. The van der Waals surface area contributed by atoms with Crippen molar-refractivity contribution < 1.29 is 9.59 Å². The van der Waals surface area contributed by atoms with Gasteiger partial charge in [0.1, 0.15) is 0 Å². The fourth-order valence-corrected chi connectivity index (χ4v) is 2.07. The van der Waals surface area contributed by atoms with Gasteiger partial charge in [0.2, 0.25) is 5.91 Å². The molecule has 0 aromatic heterocycles. The van der Waals surface area contributed by atoms with Crippen molar-refractivity contribution in [3.05, 3.63) is 29.3 Å². The number of carbonyl (C=O) groups excluding carboxylic acids is 2. The van der Waals surface area contributed by atoms with Gasteiger partial charge in [-0.25, -0.2) is 0 Å². The van der Waals surface area contributed by atoms with E-state index in [1.807, 2.05) is 20.8 Å². The topological polar surface area (TPSA) is 75.4 Å². The molecule has 0 aliphatic carbocycles. The second-order valence-corrected chi connectivity index (χ2v) is 5.10. The molecule has 21 heavy (non-hydrogen) atoms. The van der Waals surface area contributed by atoms with E-state index in [-0.39, 0.29) is 18.4 Å². The van der Waals surface area contributed by atoms with E-state index >= 15 is 0 Å². The zero-order valence-electron chi connectivity index (χ0n) is 13.1. The first-order chi connectivity index (χ1) is 10.0. The molecule has 0 unspecified atom stereocenters. The Morgan fingerprint density at radius 1 is 1.24 bits per heavy atom. The Kier molecular flexibility index (Phi) is 6.72. The molecule has 0 heterocycles. The van der Waals surface area contributed by atoms with Gasteiger partial charge < -0.3 is 16.0 Å². The number of nitrogen functional groups attached to an aromatic ring is 1. The van der Waals surface area contributed by atoms with E-state index in [1.165, 1.54) is 0 Å². The minimum atomic E-state index is -0.145. The lowest BCUT2D eigenvalue weighted by atomic mass is 10.1. The predicted octanol–water partition coefficient (Wildman–Crippen LogP) is 1.96. The standard InChI is InChI=1S/C16H25N3O2/c1-4-9-18-15(20)11-19(10-5-2)16(21)13-7-6-8-14(17)12(13)3/h6-8H,4-5,9-11,17H2,1-3H3,(H,18,20). The number of benzene rings is 1. The van der Waals surface area contributed by atoms with Gasteiger partial charge in [0, 0.05) is 24.3 Å². The number of anilines is 1. The zero-order valence-corrected chi connectivity index (χ0v) is 13.1. The van der Waals surface area contributed by atoms with Crippen molar-refractivity contribution >= 4 is 17.5 Å². The van der Waals surface area contributed by atoms with Crippen LogP contribution in [0.1, 0.15) is 42.6 Å². The summed E-state index contributed by atoms with van der Waals surface area (Å²) >= 11 is 0. The number of nitrogens with zero attached hydrogens (tertiary/aromatic N) is 1. The van der Waals surface area contributed by atoms with Gasteiger partial charge in [-0.2, -0.15) is 0 Å². The van der Waals surface area contributed by atoms with Crippen LogP contribution in [0.15, 0.2) is 18.2 Å². The highest BCUT2D eigenvalue weighted by Gasteiger charge is 2.20. The van der Waals surface area contributed by atoms with Crippen LogP contribution in [0.3, 0.4) is 0 Å². The van der Waals surface area contributed by atoms with Crippen LogP contribution >= 0.6 is 0 Å². The molecule has 1 aromatic carbocycles. The molecule has 0 spiro atoms. The summed E-state index contributed by atoms with van der Waals surface area (Å²) in [7, 11) is 0. The molecule has 0 bridgehead atoms. The summed E-state index contributed by atoms with van der Waals surface area (Å²) in [5.74, 6) is -0.270. The number of amides is 2. The number of nitrogens with two attached hydrogens (primary N) is 1. The summed E-state index contributed by atoms with van der Waals surface area (Å²) in [5.41, 5.74) is 7.76. The second kappa shape index (κ2) is 8.29. The van der Waals surface area contributed by atoms with Crippen LogP contribution in [-0.2, 0) is 4.79 Å². The Bertz CT molecular complexity index is 500. The van der Waals surface area contributed by atoms with E-state index in [9.17, 15) is 9.59 Å². The van der Waals surface area contributed by atoms with Gasteiger partial charge in [0.15, 0.2) is 0 Å². The van der Waals surface area contributed by atoms with Gasteiger partial charge in [-0.1, -0.05) is 19.9 Å². The number of hydrogen-bond acceptors (Lipinski definition) is 3. The quantitative estimate of drug-likeness (QED) is 0.754. The van der Waals surface area contributed by atoms with Crippen molar-refractivity contribution in [3.63, 3.8) is 0 Å². The maximum absolute atomic E-state index is 12.6. The molecule has 0 aliphatic rings. The minimum Gasteiger partial charge on any atom is -0.398 e. The van der Waals surface area contributed by atoms with E-state index < -0.39 is 0 Å². The first-order valence-electron chi connectivity index (χ1n) is 7.42. The molecule has 5 nitrogen and oxygen atoms in total. The Morgan fingerprint density at radius 3 is 2.57 bits per heavy atom. The van der Waals surface area contributed by atoms with Crippen molar-refractivity contribution in [3.8, 4) is 0 Å². The molecular weight excluding hydrogens is 266 g/mol. The molecule has 0 fully saturated rings. The summed E-state index contributed by atoms with van der Waals surface area (Å²) in [6.45, 7) is 7.06. The molecule has 1 rings (SSSR count). The van der Waals surface area contributed by atoms with Gasteiger partial charge in [-0.15, -0.1) is 0 Å². The van der Waals surface area contributed by atoms with Crippen molar-refractivity contribution in [1.82, 2.24) is 10.2 Å². The number of carbonyl (C=O) groups is 2. The van der Waals surface area contributed by atoms with Gasteiger partial charge in [-0.05, 0) is 37.5 Å². The van der Waals surface area contributed by atoms with E-state index in [0.29, 0.717) is 24.3 Å². The Balaban J connectivity index is 2.86. The third kappa shape index (κ3) is 4.77. The summed E-state index contributed by atoms with van der Waals surface area (Å²) in [6, 6.07) is 5.28. The largest absolute Gasteiger partial charge is 0.398 e. The smallest absolute Gasteiger partial charge is 0.254 e. The molecule has 2 amide bonds. The van der Waals surface area contributed by atoms with E-state index in [1.54, 1.807) is 23.1 Å². The SMILES string of the molecule is CCCNC(=O)CN(CCC)C(=O)c1cccc(N)c1C. The average molecular weight is 291 g/mol. The molecule has 0 saturated carbocycles. The highest BCUT2D eigenvalue weighted by Crippen LogP contribution is 2.17. The van der Waals surface area contributed by atoms with Crippen LogP contribution in [0, 0.1) is 6.92 Å². The molecule has 5 heteroatoms. The van der Waals surface area contributed by atoms with E-state index in [2.05, 4.69) is 5.32 Å². The van der Waals surface area contributed by atoms with Crippen LogP contribution in [0.25, 0.3) is 0 Å². The van der Waals surface area contributed by atoms with Crippen molar-refractivity contribution in [1.29, 1.82) is 0 Å². The summed E-state index contributed by atoms with van der Waals surface area (Å²) in [5, 5.41) is 2.80. The van der Waals surface area contributed by atoms with Gasteiger partial charge in [-0.3, -0.25) is 9.59 Å². The number of nitrogens with one attached hydrogen (secondary N) is 1. The van der Waals surface area contributed by atoms with E-state index in [4.69, 9.17) is 5.73 Å². The normalized spacial score (nSPS) is 10.2. The van der Waals surface area contributed by atoms with Gasteiger partial charge in [0.05, 0.1) is 6.54 Å². The summed E-state index contributed by atoms with van der Waals surface area (Å²) in [4.78, 5) is 26.0. The lowest BCUT2D eigenvalue weighted by Crippen LogP contribution is -2.41. The molecule has 0 saturated heterocycles. The van der Waals surface area contributed by atoms with Crippen LogP contribution in [-0.4, -0.2) is 36.3 Å². The maximum atomic E-state index is 12.6. The highest BCUT2D eigenvalue weighted by molar-refractivity contribution is 5.98. The first kappa shape index (κ1) is 17.0. The monoisotopic (exact) mass is 291 g/mol. The molecule has 3 N–H and O–H groups in total. The van der Waals surface area contributed by atoms with E-state index in [0.717, 1.165) is 18.4 Å². The highest BCUT2D eigenvalue weighted by atomic mass is 16.2. The van der Waals surface area contributed by atoms with Crippen molar-refractivity contribution in [2.75, 3.05) is 25.4 Å². The molecule has 0 radical (unpaired) electrons. The lowest BCUT2D eigenvalue weighted by Gasteiger charge is -2.22. The molecule has 0 aliphatic heterocycles. The predicted molar refractivity (Wildman–Crippen MR) is 85.1 cm³/mol. The second-order valence-electron chi connectivity index (χ2n) is 5.10. The summed E-state index contributed by atoms with van der Waals surface area (Å²) in [6.07, 6.45) is 1.68. The third-order valence-corrected chi connectivity index (χ3v) is 3.29. The molecule has 1 aromatic rings. The van der Waals surface area contributed by atoms with Crippen LogP contribution in [0.2, 0.25) is 0 Å². The van der Waals surface area contributed by atoms with Gasteiger partial charge in [0.25, 0.3) is 5.91 Å². The Labute approximate surface area is 126 Å². The van der Waals surface area contributed by atoms with Gasteiger partial charge >= 0.3 is 0 Å². The fourth-order valence-electron chi connectivity index (χ4n) is 2.07. The van der Waals surface area contributed by atoms with Crippen LogP contribution in [0.5, 0.6) is 0 Å². The molecule has 116 valence electrons. The van der Waals surface area contributed by atoms with Crippen molar-refractivity contribution in [2.24, 2.45) is 0 Å². The van der Waals surface area contributed by atoms with Crippen LogP contribution < -0.4 is 11.1 Å². The Morgan fingerprint density at radius 2 is 1.95 bits per heavy atom. The average Bonchev–Trinajstić information content (AvgIpc) is 2.47. The lowest BCUT2D eigenvalue weighted by molar-refractivity contribution is -0.121. The third-order valence-electron chi connectivity index (χ3n) is 3.29. The number of rotatable bonds is 7. The number of hydrogen-bond donors (Lipinski definition) is 2. The van der Waals surface area contributed by atoms with Crippen LogP contribution in [0.4, 0.5) is 5.69 Å². The molecule has 0 atom stereocenters. The minimum absolute atomic E-state index is 0.0842. The summed E-state index contributed by atoms with van der Waals surface area (Å²) < 4.78 is 0.